The molecule has 2 bridgehead atoms. The van der Waals surface area contributed by atoms with Crippen LogP contribution in [0.1, 0.15) is 33.6 Å². The molecule has 0 spiro atoms. The van der Waals surface area contributed by atoms with Gasteiger partial charge in [-0.1, -0.05) is 6.92 Å². The van der Waals surface area contributed by atoms with Gasteiger partial charge in [-0.3, -0.25) is 9.80 Å². The van der Waals surface area contributed by atoms with Gasteiger partial charge in [-0.05, 0) is 33.2 Å². The smallest absolute Gasteiger partial charge is 0.0643 e. The van der Waals surface area contributed by atoms with E-state index in [0.717, 1.165) is 18.2 Å². The molecular weight excluding hydrogens is 148 g/mol. The van der Waals surface area contributed by atoms with E-state index in [1.54, 1.807) is 0 Å². The molecule has 0 saturated carbocycles. The summed E-state index contributed by atoms with van der Waals surface area (Å²) in [7, 11) is 0. The highest BCUT2D eigenvalue weighted by molar-refractivity contribution is 5.02. The van der Waals surface area contributed by atoms with Gasteiger partial charge < -0.3 is 0 Å². The zero-order valence-electron chi connectivity index (χ0n) is 8.45. The van der Waals surface area contributed by atoms with Crippen molar-refractivity contribution in [1.82, 2.24) is 9.80 Å². The standard InChI is InChI=1S/C10H20N2/c1-4-5-11-9-6-10(11)12(7-9)8(2)3/h8-10H,4-7H2,1-3H3. The van der Waals surface area contributed by atoms with Gasteiger partial charge in [0.25, 0.3) is 0 Å². The Morgan fingerprint density at radius 1 is 1.42 bits per heavy atom. The van der Waals surface area contributed by atoms with Crippen molar-refractivity contribution in [2.24, 2.45) is 0 Å². The summed E-state index contributed by atoms with van der Waals surface area (Å²) in [5.41, 5.74) is 0. The molecule has 3 aliphatic rings. The van der Waals surface area contributed by atoms with Crippen LogP contribution in [0, 0.1) is 0 Å². The highest BCUT2D eigenvalue weighted by Gasteiger charge is 2.49. The number of hydrogen-bond acceptors (Lipinski definition) is 2. The van der Waals surface area contributed by atoms with Gasteiger partial charge in [-0.15, -0.1) is 0 Å². The second-order valence-electron chi connectivity index (χ2n) is 4.40. The Balaban J connectivity index is 1.93. The van der Waals surface area contributed by atoms with Gasteiger partial charge in [0, 0.05) is 18.6 Å². The van der Waals surface area contributed by atoms with Crippen LogP contribution >= 0.6 is 0 Å². The molecular formula is C10H20N2. The highest BCUT2D eigenvalue weighted by atomic mass is 15.5. The van der Waals surface area contributed by atoms with Crippen LogP contribution in [0.25, 0.3) is 0 Å². The fourth-order valence-corrected chi connectivity index (χ4v) is 2.63. The second kappa shape index (κ2) is 3.00. The van der Waals surface area contributed by atoms with E-state index >= 15 is 0 Å². The van der Waals surface area contributed by atoms with Gasteiger partial charge in [-0.25, -0.2) is 0 Å². The molecule has 0 aromatic heterocycles. The Kier molecular flexibility index (Phi) is 2.13. The lowest BCUT2D eigenvalue weighted by Crippen LogP contribution is -2.52. The molecule has 0 aromatic carbocycles. The van der Waals surface area contributed by atoms with Crippen molar-refractivity contribution in [2.45, 2.75) is 51.9 Å². The summed E-state index contributed by atoms with van der Waals surface area (Å²) in [6.45, 7) is 9.52. The van der Waals surface area contributed by atoms with Gasteiger partial charge in [0.2, 0.25) is 0 Å². The number of fused-ring (bicyclic) bond motifs is 1. The lowest BCUT2D eigenvalue weighted by molar-refractivity contribution is 0.0209. The predicted molar refractivity (Wildman–Crippen MR) is 51.0 cm³/mol. The summed E-state index contributed by atoms with van der Waals surface area (Å²) in [6.07, 6.45) is 3.53. The minimum atomic E-state index is 0.738. The molecule has 0 amide bonds. The van der Waals surface area contributed by atoms with Gasteiger partial charge in [0.15, 0.2) is 0 Å². The average Bonchev–Trinajstić information content (AvgIpc) is 2.55. The van der Waals surface area contributed by atoms with E-state index in [-0.39, 0.29) is 0 Å². The molecule has 0 radical (unpaired) electrons. The predicted octanol–water partition coefficient (Wildman–Crippen LogP) is 1.52. The largest absolute Gasteiger partial charge is 0.284 e. The molecule has 2 nitrogen and oxygen atoms in total. The van der Waals surface area contributed by atoms with Gasteiger partial charge in [0.1, 0.15) is 0 Å². The zero-order chi connectivity index (χ0) is 8.72. The Morgan fingerprint density at radius 3 is 2.67 bits per heavy atom. The van der Waals surface area contributed by atoms with Crippen LogP contribution in [0.3, 0.4) is 0 Å². The van der Waals surface area contributed by atoms with E-state index < -0.39 is 0 Å². The third-order valence-electron chi connectivity index (χ3n) is 3.28. The minimum Gasteiger partial charge on any atom is -0.284 e. The second-order valence-corrected chi connectivity index (χ2v) is 4.40. The molecule has 3 rings (SSSR count). The van der Waals surface area contributed by atoms with Crippen LogP contribution in [-0.2, 0) is 0 Å². The average molecular weight is 168 g/mol. The lowest BCUT2D eigenvalue weighted by Gasteiger charge is -2.41. The van der Waals surface area contributed by atoms with Crippen molar-refractivity contribution < 1.29 is 0 Å². The topological polar surface area (TPSA) is 6.48 Å². The maximum absolute atomic E-state index is 2.67. The van der Waals surface area contributed by atoms with Crippen LogP contribution in [0.15, 0.2) is 0 Å². The minimum absolute atomic E-state index is 0.738. The summed E-state index contributed by atoms with van der Waals surface area (Å²) >= 11 is 0. The molecule has 2 atom stereocenters. The number of rotatable bonds is 3. The quantitative estimate of drug-likeness (QED) is 0.630. The number of hydrogen-bond donors (Lipinski definition) is 0. The van der Waals surface area contributed by atoms with E-state index in [2.05, 4.69) is 30.6 Å². The van der Waals surface area contributed by atoms with Crippen LogP contribution in [0.4, 0.5) is 0 Å². The van der Waals surface area contributed by atoms with E-state index in [1.807, 2.05) is 0 Å². The van der Waals surface area contributed by atoms with E-state index in [0.29, 0.717) is 0 Å². The van der Waals surface area contributed by atoms with E-state index in [1.165, 1.54) is 25.9 Å². The van der Waals surface area contributed by atoms with Crippen molar-refractivity contribution in [2.75, 3.05) is 13.1 Å². The SMILES string of the molecule is CCCN1C2CC1N(C(C)C)C2. The molecule has 0 N–H and O–H groups in total. The molecule has 0 aliphatic carbocycles. The molecule has 0 aromatic rings. The summed E-state index contributed by atoms with van der Waals surface area (Å²) in [4.78, 5) is 5.31. The van der Waals surface area contributed by atoms with E-state index in [4.69, 9.17) is 0 Å². The molecule has 70 valence electrons. The molecule has 12 heavy (non-hydrogen) atoms. The molecule has 2 heteroatoms. The van der Waals surface area contributed by atoms with E-state index in [9.17, 15) is 0 Å². The summed E-state index contributed by atoms with van der Waals surface area (Å²) in [5, 5.41) is 0. The Morgan fingerprint density at radius 2 is 2.17 bits per heavy atom. The number of nitrogens with zero attached hydrogens (tertiary/aromatic N) is 2. The van der Waals surface area contributed by atoms with Crippen LogP contribution in [-0.4, -0.2) is 41.1 Å². The molecule has 3 heterocycles. The Hall–Kier alpha value is -0.0800. The van der Waals surface area contributed by atoms with Crippen molar-refractivity contribution in [1.29, 1.82) is 0 Å². The molecule has 3 saturated heterocycles. The van der Waals surface area contributed by atoms with Gasteiger partial charge in [-0.2, -0.15) is 0 Å². The third-order valence-corrected chi connectivity index (χ3v) is 3.28. The first-order valence-corrected chi connectivity index (χ1v) is 5.25. The third kappa shape index (κ3) is 1.09. The van der Waals surface area contributed by atoms with Crippen molar-refractivity contribution in [3.05, 3.63) is 0 Å². The van der Waals surface area contributed by atoms with Crippen LogP contribution in [0.2, 0.25) is 0 Å². The van der Waals surface area contributed by atoms with Crippen molar-refractivity contribution in [3.63, 3.8) is 0 Å². The summed E-state index contributed by atoms with van der Waals surface area (Å²) < 4.78 is 0. The first-order chi connectivity index (χ1) is 5.74. The Bertz CT molecular complexity index is 167. The first kappa shape index (κ1) is 8.52. The van der Waals surface area contributed by atoms with Crippen LogP contribution < -0.4 is 0 Å². The monoisotopic (exact) mass is 168 g/mol. The van der Waals surface area contributed by atoms with Crippen LogP contribution in [0.5, 0.6) is 0 Å². The highest BCUT2D eigenvalue weighted by Crippen LogP contribution is 2.37. The normalized spacial score (nSPS) is 36.0. The summed E-state index contributed by atoms with van der Waals surface area (Å²) in [5.74, 6) is 0. The van der Waals surface area contributed by atoms with Gasteiger partial charge in [0.05, 0.1) is 6.17 Å². The van der Waals surface area contributed by atoms with Gasteiger partial charge >= 0.3 is 0 Å². The maximum atomic E-state index is 2.67. The first-order valence-electron chi connectivity index (χ1n) is 5.25. The fraction of sp³-hybridized carbons (Fsp3) is 1.00. The molecule has 2 unspecified atom stereocenters. The fourth-order valence-electron chi connectivity index (χ4n) is 2.63. The molecule has 3 aliphatic heterocycles. The summed E-state index contributed by atoms with van der Waals surface area (Å²) in [6, 6.07) is 1.64. The van der Waals surface area contributed by atoms with Crippen molar-refractivity contribution in [3.8, 4) is 0 Å². The lowest BCUT2D eigenvalue weighted by atomic mass is 10.0. The molecule has 3 fully saturated rings. The Labute approximate surface area is 75.5 Å². The zero-order valence-corrected chi connectivity index (χ0v) is 8.45. The maximum Gasteiger partial charge on any atom is 0.0643 e. The van der Waals surface area contributed by atoms with Crippen molar-refractivity contribution >= 4 is 0 Å².